The van der Waals surface area contributed by atoms with Crippen LogP contribution < -0.4 is 10.1 Å². The van der Waals surface area contributed by atoms with Gasteiger partial charge in [-0.25, -0.2) is 4.98 Å². The maximum absolute atomic E-state index is 11.8. The van der Waals surface area contributed by atoms with Crippen LogP contribution in [0.3, 0.4) is 0 Å². The molecule has 0 radical (unpaired) electrons. The van der Waals surface area contributed by atoms with E-state index in [1.807, 2.05) is 23.2 Å². The van der Waals surface area contributed by atoms with Gasteiger partial charge in [-0.15, -0.1) is 0 Å². The molecule has 0 unspecified atom stereocenters. The molecule has 6 heteroatoms. The van der Waals surface area contributed by atoms with Gasteiger partial charge in [-0.3, -0.25) is 4.79 Å². The van der Waals surface area contributed by atoms with Gasteiger partial charge in [-0.1, -0.05) is 18.9 Å². The fraction of sp³-hybridized carbons (Fsp3) is 0.545. The molecule has 1 N–H and O–H groups in total. The molecule has 6 nitrogen and oxygen atoms in total. The number of ether oxygens (including phenoxy) is 2. The van der Waals surface area contributed by atoms with E-state index >= 15 is 0 Å². The van der Waals surface area contributed by atoms with Crippen LogP contribution >= 0.6 is 0 Å². The van der Waals surface area contributed by atoms with Gasteiger partial charge in [0.15, 0.2) is 0 Å². The second-order valence-electron chi connectivity index (χ2n) is 7.96. The second-order valence-corrected chi connectivity index (χ2v) is 7.96. The molecule has 4 atom stereocenters. The van der Waals surface area contributed by atoms with Crippen molar-refractivity contribution >= 4 is 5.91 Å². The number of methoxy groups -OCH3 is 1. The average molecular weight is 383 g/mol. The summed E-state index contributed by atoms with van der Waals surface area (Å²) < 4.78 is 14.1. The van der Waals surface area contributed by atoms with Crippen LogP contribution in [0.2, 0.25) is 0 Å². The average Bonchev–Trinajstić information content (AvgIpc) is 3.20. The van der Waals surface area contributed by atoms with Gasteiger partial charge in [0.05, 0.1) is 32.2 Å². The second kappa shape index (κ2) is 8.35. The largest absolute Gasteiger partial charge is 0.496 e. The van der Waals surface area contributed by atoms with Crippen LogP contribution in [0.15, 0.2) is 36.9 Å². The van der Waals surface area contributed by atoms with Crippen molar-refractivity contribution in [3.05, 3.63) is 48.0 Å². The van der Waals surface area contributed by atoms with E-state index in [4.69, 9.17) is 9.47 Å². The normalized spacial score (nSPS) is 27.1. The Bertz CT molecular complexity index is 805. The predicted octanol–water partition coefficient (Wildman–Crippen LogP) is 3.46. The molecule has 1 saturated heterocycles. The first-order valence-electron chi connectivity index (χ1n) is 10.2. The Morgan fingerprint density at radius 1 is 1.36 bits per heavy atom. The van der Waals surface area contributed by atoms with E-state index in [1.165, 1.54) is 12.8 Å². The summed E-state index contributed by atoms with van der Waals surface area (Å²) in [5.41, 5.74) is 2.25. The first-order valence-corrected chi connectivity index (χ1v) is 10.2. The quantitative estimate of drug-likeness (QED) is 0.859. The highest BCUT2D eigenvalue weighted by Gasteiger charge is 2.40. The fourth-order valence-electron chi connectivity index (χ4n) is 4.77. The minimum absolute atomic E-state index is 0.0105. The van der Waals surface area contributed by atoms with Crippen molar-refractivity contribution in [2.75, 3.05) is 7.11 Å². The SMILES string of the molecule is COc1ccc([C@H]2C[C@@H](NC(C)=O)[C@@H]3CCCC[C@H]3O2)cc1Cn1ccnc1. The summed E-state index contributed by atoms with van der Waals surface area (Å²) in [6, 6.07) is 6.47. The summed E-state index contributed by atoms with van der Waals surface area (Å²) in [5, 5.41) is 3.20. The van der Waals surface area contributed by atoms with Crippen LogP contribution in [0.1, 0.15) is 56.3 Å². The number of nitrogens with one attached hydrogen (secondary N) is 1. The molecule has 2 fully saturated rings. The minimum atomic E-state index is -0.0105. The molecule has 2 aromatic rings. The van der Waals surface area contributed by atoms with E-state index < -0.39 is 0 Å². The van der Waals surface area contributed by atoms with E-state index in [-0.39, 0.29) is 24.2 Å². The predicted molar refractivity (Wildman–Crippen MR) is 106 cm³/mol. The molecule has 28 heavy (non-hydrogen) atoms. The third-order valence-electron chi connectivity index (χ3n) is 6.05. The van der Waals surface area contributed by atoms with Crippen molar-refractivity contribution in [3.8, 4) is 5.75 Å². The van der Waals surface area contributed by atoms with Crippen LogP contribution in [0.25, 0.3) is 0 Å². The van der Waals surface area contributed by atoms with Gasteiger partial charge >= 0.3 is 0 Å². The molecule has 1 aromatic carbocycles. The summed E-state index contributed by atoms with van der Waals surface area (Å²) in [6.45, 7) is 2.31. The molecule has 1 aromatic heterocycles. The van der Waals surface area contributed by atoms with E-state index in [2.05, 4.69) is 22.4 Å². The third kappa shape index (κ3) is 4.07. The molecule has 4 rings (SSSR count). The zero-order valence-electron chi connectivity index (χ0n) is 16.6. The first-order chi connectivity index (χ1) is 13.6. The summed E-state index contributed by atoms with van der Waals surface area (Å²) in [6.07, 6.45) is 11.2. The van der Waals surface area contributed by atoms with Crippen molar-refractivity contribution in [2.45, 2.75) is 63.8 Å². The Balaban J connectivity index is 1.59. The summed E-state index contributed by atoms with van der Waals surface area (Å²) in [5.74, 6) is 1.34. The Morgan fingerprint density at radius 3 is 2.96 bits per heavy atom. The van der Waals surface area contributed by atoms with Gasteiger partial charge in [0.1, 0.15) is 5.75 Å². The standard InChI is InChI=1S/C22H29N3O3/c1-15(26)24-19-12-22(28-21-6-4-3-5-18(19)21)16-7-8-20(27-2)17(11-16)13-25-10-9-23-14-25/h7-11,14,18-19,21-22H,3-6,12-13H2,1-2H3,(H,24,26)/t18-,19+,21+,22+/m0/s1. The highest BCUT2D eigenvalue weighted by Crippen LogP contribution is 2.42. The van der Waals surface area contributed by atoms with E-state index in [9.17, 15) is 4.79 Å². The number of hydrogen-bond acceptors (Lipinski definition) is 4. The van der Waals surface area contributed by atoms with Crippen LogP contribution in [0, 0.1) is 5.92 Å². The number of carbonyl (C=O) groups is 1. The Kier molecular flexibility index (Phi) is 5.67. The molecule has 1 aliphatic heterocycles. The molecule has 1 amide bonds. The Morgan fingerprint density at radius 2 is 2.21 bits per heavy atom. The van der Waals surface area contributed by atoms with Crippen molar-refractivity contribution in [1.82, 2.24) is 14.9 Å². The highest BCUT2D eigenvalue weighted by molar-refractivity contribution is 5.73. The lowest BCUT2D eigenvalue weighted by atomic mass is 9.76. The number of carbonyl (C=O) groups excluding carboxylic acids is 1. The van der Waals surface area contributed by atoms with Crippen molar-refractivity contribution in [2.24, 2.45) is 5.92 Å². The molecule has 150 valence electrons. The highest BCUT2D eigenvalue weighted by atomic mass is 16.5. The maximum atomic E-state index is 11.8. The number of hydrogen-bond donors (Lipinski definition) is 1. The molecule has 2 heterocycles. The summed E-state index contributed by atoms with van der Waals surface area (Å²) >= 11 is 0. The molecule has 0 spiro atoms. The maximum Gasteiger partial charge on any atom is 0.217 e. The number of imidazole rings is 1. The number of amides is 1. The van der Waals surface area contributed by atoms with Crippen LogP contribution in [-0.2, 0) is 16.1 Å². The fourth-order valence-corrected chi connectivity index (χ4v) is 4.77. The van der Waals surface area contributed by atoms with Crippen molar-refractivity contribution in [1.29, 1.82) is 0 Å². The monoisotopic (exact) mass is 383 g/mol. The number of fused-ring (bicyclic) bond motifs is 1. The first kappa shape index (κ1) is 19.0. The van der Waals surface area contributed by atoms with E-state index in [0.29, 0.717) is 12.5 Å². The molecular formula is C22H29N3O3. The number of aromatic nitrogens is 2. The molecule has 1 aliphatic carbocycles. The lowest BCUT2D eigenvalue weighted by molar-refractivity contribution is -0.131. The van der Waals surface area contributed by atoms with Gasteiger partial charge in [0.2, 0.25) is 5.91 Å². The number of benzene rings is 1. The molecule has 0 bridgehead atoms. The topological polar surface area (TPSA) is 65.4 Å². The van der Waals surface area contributed by atoms with Gasteiger partial charge in [-0.05, 0) is 37.0 Å². The van der Waals surface area contributed by atoms with Crippen molar-refractivity contribution in [3.63, 3.8) is 0 Å². The number of rotatable bonds is 5. The molecule has 1 saturated carbocycles. The summed E-state index contributed by atoms with van der Waals surface area (Å²) in [4.78, 5) is 15.9. The zero-order valence-corrected chi connectivity index (χ0v) is 16.6. The van der Waals surface area contributed by atoms with Crippen LogP contribution in [0.5, 0.6) is 5.75 Å². The number of nitrogens with zero attached hydrogens (tertiary/aromatic N) is 2. The molecule has 2 aliphatic rings. The van der Waals surface area contributed by atoms with Crippen LogP contribution in [-0.4, -0.2) is 34.7 Å². The van der Waals surface area contributed by atoms with Gasteiger partial charge < -0.3 is 19.4 Å². The minimum Gasteiger partial charge on any atom is -0.496 e. The van der Waals surface area contributed by atoms with Crippen LogP contribution in [0.4, 0.5) is 0 Å². The van der Waals surface area contributed by atoms with E-state index in [0.717, 1.165) is 36.1 Å². The summed E-state index contributed by atoms with van der Waals surface area (Å²) in [7, 11) is 1.70. The van der Waals surface area contributed by atoms with Crippen molar-refractivity contribution < 1.29 is 14.3 Å². The Labute approximate surface area is 166 Å². The lowest BCUT2D eigenvalue weighted by Crippen LogP contribution is -2.50. The smallest absolute Gasteiger partial charge is 0.217 e. The van der Waals surface area contributed by atoms with Gasteiger partial charge in [0.25, 0.3) is 0 Å². The zero-order chi connectivity index (χ0) is 19.5. The molecular weight excluding hydrogens is 354 g/mol. The third-order valence-corrected chi connectivity index (χ3v) is 6.05. The van der Waals surface area contributed by atoms with Gasteiger partial charge in [0, 0.05) is 36.8 Å². The lowest BCUT2D eigenvalue weighted by Gasteiger charge is -2.45. The van der Waals surface area contributed by atoms with E-state index in [1.54, 1.807) is 20.2 Å². The van der Waals surface area contributed by atoms with Gasteiger partial charge in [-0.2, -0.15) is 0 Å². The Hall–Kier alpha value is -2.34.